The van der Waals surface area contributed by atoms with Gasteiger partial charge in [0.05, 0.1) is 26.4 Å². The number of rotatable bonds is 5. The summed E-state index contributed by atoms with van der Waals surface area (Å²) in [7, 11) is 1.86. The van der Waals surface area contributed by atoms with Gasteiger partial charge in [0.2, 0.25) is 0 Å². The second-order valence-corrected chi connectivity index (χ2v) is 8.77. The average molecular weight is 437 g/mol. The van der Waals surface area contributed by atoms with Crippen LogP contribution < -0.4 is 5.32 Å². The molecule has 0 spiro atoms. The zero-order chi connectivity index (χ0) is 22.3. The van der Waals surface area contributed by atoms with Gasteiger partial charge in [-0.3, -0.25) is 9.89 Å². The Morgan fingerprint density at radius 2 is 1.75 bits per heavy atom. The third kappa shape index (κ3) is 5.88. The van der Waals surface area contributed by atoms with Gasteiger partial charge in [0.1, 0.15) is 6.10 Å². The van der Waals surface area contributed by atoms with E-state index in [9.17, 15) is 0 Å². The molecule has 0 radical (unpaired) electrons. The molecule has 32 heavy (non-hydrogen) atoms. The lowest BCUT2D eigenvalue weighted by Crippen LogP contribution is -2.48. The molecule has 1 atom stereocenters. The fourth-order valence-electron chi connectivity index (χ4n) is 4.51. The lowest BCUT2D eigenvalue weighted by molar-refractivity contribution is -0.00834. The number of nitrogens with one attached hydrogen (secondary N) is 1. The normalized spacial score (nSPS) is 20.4. The van der Waals surface area contributed by atoms with Crippen LogP contribution in [0, 0.1) is 13.8 Å². The van der Waals surface area contributed by atoms with Gasteiger partial charge in [0, 0.05) is 39.8 Å². The lowest BCUT2D eigenvalue weighted by Gasteiger charge is -2.36. The van der Waals surface area contributed by atoms with Crippen molar-refractivity contribution in [3.8, 4) is 0 Å². The minimum absolute atomic E-state index is 0.0716. The summed E-state index contributed by atoms with van der Waals surface area (Å²) in [4.78, 5) is 9.30. The van der Waals surface area contributed by atoms with Crippen molar-refractivity contribution in [2.45, 2.75) is 33.0 Å². The van der Waals surface area contributed by atoms with E-state index in [4.69, 9.17) is 9.47 Å². The van der Waals surface area contributed by atoms with E-state index in [1.807, 2.05) is 7.05 Å². The Labute approximate surface area is 192 Å². The van der Waals surface area contributed by atoms with Crippen molar-refractivity contribution in [3.05, 3.63) is 70.3 Å². The molecule has 0 bridgehead atoms. The summed E-state index contributed by atoms with van der Waals surface area (Å²) < 4.78 is 11.6. The van der Waals surface area contributed by atoms with Gasteiger partial charge in [0.15, 0.2) is 5.96 Å². The summed E-state index contributed by atoms with van der Waals surface area (Å²) in [6.45, 7) is 12.1. The van der Waals surface area contributed by atoms with Crippen molar-refractivity contribution >= 4 is 5.96 Å². The number of benzene rings is 2. The fraction of sp³-hybridized carbons (Fsp3) is 0.500. The van der Waals surface area contributed by atoms with Crippen molar-refractivity contribution in [2.75, 3.05) is 53.0 Å². The molecule has 2 aromatic carbocycles. The highest BCUT2D eigenvalue weighted by atomic mass is 16.5. The van der Waals surface area contributed by atoms with Gasteiger partial charge in [0.25, 0.3) is 0 Å². The first-order chi connectivity index (χ1) is 15.6. The summed E-state index contributed by atoms with van der Waals surface area (Å²) in [5.41, 5.74) is 6.46. The molecule has 1 unspecified atom stereocenters. The number of guanidine groups is 1. The molecular formula is C26H36N4O2. The van der Waals surface area contributed by atoms with Gasteiger partial charge >= 0.3 is 0 Å². The highest BCUT2D eigenvalue weighted by Crippen LogP contribution is 2.26. The Kier molecular flexibility index (Phi) is 7.79. The molecule has 1 N–H and O–H groups in total. The monoisotopic (exact) mass is 436 g/mol. The molecular weight excluding hydrogens is 400 g/mol. The topological polar surface area (TPSA) is 49.3 Å². The minimum Gasteiger partial charge on any atom is -0.379 e. The first-order valence-electron chi connectivity index (χ1n) is 11.6. The van der Waals surface area contributed by atoms with E-state index in [1.165, 1.54) is 27.8 Å². The molecule has 0 aromatic heterocycles. The van der Waals surface area contributed by atoms with Crippen LogP contribution in [0.5, 0.6) is 0 Å². The average Bonchev–Trinajstić information content (AvgIpc) is 2.81. The molecule has 4 rings (SSSR count). The maximum Gasteiger partial charge on any atom is 0.194 e. The van der Waals surface area contributed by atoms with Gasteiger partial charge in [-0.25, -0.2) is 0 Å². The van der Waals surface area contributed by atoms with Crippen LogP contribution in [0.1, 0.15) is 33.9 Å². The smallest absolute Gasteiger partial charge is 0.194 e. The number of aryl methyl sites for hydroxylation is 2. The number of aliphatic imine (C=N–C) groups is 1. The summed E-state index contributed by atoms with van der Waals surface area (Å²) in [6.07, 6.45) is 0.0716. The molecule has 0 amide bonds. The Bertz CT molecular complexity index is 907. The van der Waals surface area contributed by atoms with E-state index in [2.05, 4.69) is 76.4 Å². The highest BCUT2D eigenvalue weighted by Gasteiger charge is 2.25. The van der Waals surface area contributed by atoms with Crippen molar-refractivity contribution in [3.63, 3.8) is 0 Å². The van der Waals surface area contributed by atoms with Gasteiger partial charge in [-0.05, 0) is 36.1 Å². The SMILES string of the molecule is CN=C(NCc1ccc(CN2CCOCC2)cc1)N1CCOC(c2ccc(C)cc2C)C1. The van der Waals surface area contributed by atoms with Crippen LogP contribution in [-0.4, -0.2) is 68.8 Å². The standard InChI is InChI=1S/C26H36N4O2/c1-20-4-9-24(21(2)16-20)25-19-30(12-15-32-25)26(27-3)28-17-22-5-7-23(8-6-22)18-29-10-13-31-14-11-29/h4-9,16,25H,10-15,17-19H2,1-3H3,(H,27,28). The Hall–Kier alpha value is -2.41. The third-order valence-electron chi connectivity index (χ3n) is 6.33. The van der Waals surface area contributed by atoms with Crippen LogP contribution in [0.15, 0.2) is 47.5 Å². The van der Waals surface area contributed by atoms with E-state index in [0.717, 1.165) is 58.4 Å². The predicted octanol–water partition coefficient (Wildman–Crippen LogP) is 3.28. The molecule has 2 heterocycles. The largest absolute Gasteiger partial charge is 0.379 e. The van der Waals surface area contributed by atoms with Crippen molar-refractivity contribution in [1.29, 1.82) is 0 Å². The Morgan fingerprint density at radius 3 is 2.47 bits per heavy atom. The number of hydrogen-bond donors (Lipinski definition) is 1. The van der Waals surface area contributed by atoms with Crippen LogP contribution in [-0.2, 0) is 22.6 Å². The molecule has 6 heteroatoms. The second-order valence-electron chi connectivity index (χ2n) is 8.77. The van der Waals surface area contributed by atoms with Crippen LogP contribution in [0.4, 0.5) is 0 Å². The molecule has 0 aliphatic carbocycles. The second kappa shape index (κ2) is 10.9. The lowest BCUT2D eigenvalue weighted by atomic mass is 10.00. The molecule has 6 nitrogen and oxygen atoms in total. The number of hydrogen-bond acceptors (Lipinski definition) is 4. The fourth-order valence-corrected chi connectivity index (χ4v) is 4.51. The van der Waals surface area contributed by atoms with Gasteiger partial charge in [-0.2, -0.15) is 0 Å². The molecule has 172 valence electrons. The maximum atomic E-state index is 6.11. The maximum absolute atomic E-state index is 6.11. The van der Waals surface area contributed by atoms with Gasteiger partial charge in [-0.15, -0.1) is 0 Å². The first kappa shape index (κ1) is 22.8. The van der Waals surface area contributed by atoms with Crippen LogP contribution >= 0.6 is 0 Å². The highest BCUT2D eigenvalue weighted by molar-refractivity contribution is 5.80. The Balaban J connectivity index is 1.32. The predicted molar refractivity (Wildman–Crippen MR) is 129 cm³/mol. The van der Waals surface area contributed by atoms with Crippen molar-refractivity contribution in [1.82, 2.24) is 15.1 Å². The summed E-state index contributed by atoms with van der Waals surface area (Å²) in [6, 6.07) is 15.5. The summed E-state index contributed by atoms with van der Waals surface area (Å²) in [5.74, 6) is 0.931. The van der Waals surface area contributed by atoms with Gasteiger partial charge < -0.3 is 19.7 Å². The molecule has 2 aliphatic rings. The zero-order valence-corrected chi connectivity index (χ0v) is 19.6. The van der Waals surface area contributed by atoms with E-state index in [1.54, 1.807) is 0 Å². The number of morpholine rings is 2. The van der Waals surface area contributed by atoms with E-state index < -0.39 is 0 Å². The summed E-state index contributed by atoms with van der Waals surface area (Å²) in [5, 5.41) is 3.55. The quantitative estimate of drug-likeness (QED) is 0.576. The number of ether oxygens (including phenoxy) is 2. The van der Waals surface area contributed by atoms with Gasteiger partial charge in [-0.1, -0.05) is 48.0 Å². The van der Waals surface area contributed by atoms with E-state index in [0.29, 0.717) is 6.61 Å². The molecule has 2 saturated heterocycles. The molecule has 2 aliphatic heterocycles. The zero-order valence-electron chi connectivity index (χ0n) is 19.6. The number of nitrogens with zero attached hydrogens (tertiary/aromatic N) is 3. The molecule has 2 aromatic rings. The van der Waals surface area contributed by atoms with Crippen molar-refractivity contribution in [2.24, 2.45) is 4.99 Å². The third-order valence-corrected chi connectivity index (χ3v) is 6.33. The van der Waals surface area contributed by atoms with E-state index in [-0.39, 0.29) is 6.10 Å². The van der Waals surface area contributed by atoms with Crippen LogP contribution in [0.25, 0.3) is 0 Å². The van der Waals surface area contributed by atoms with E-state index >= 15 is 0 Å². The Morgan fingerprint density at radius 1 is 1.00 bits per heavy atom. The first-order valence-corrected chi connectivity index (χ1v) is 11.6. The van der Waals surface area contributed by atoms with Crippen molar-refractivity contribution < 1.29 is 9.47 Å². The molecule has 2 fully saturated rings. The molecule has 0 saturated carbocycles. The summed E-state index contributed by atoms with van der Waals surface area (Å²) >= 11 is 0. The minimum atomic E-state index is 0.0716. The van der Waals surface area contributed by atoms with Crippen LogP contribution in [0.2, 0.25) is 0 Å². The van der Waals surface area contributed by atoms with Crippen LogP contribution in [0.3, 0.4) is 0 Å².